The number of aromatic nitrogens is 3. The van der Waals surface area contributed by atoms with Crippen LogP contribution in [0.5, 0.6) is 0 Å². The maximum atomic E-state index is 14.2. The Morgan fingerprint density at radius 1 is 1.03 bits per heavy atom. The van der Waals surface area contributed by atoms with Crippen LogP contribution in [0.4, 0.5) is 21.8 Å². The van der Waals surface area contributed by atoms with Gasteiger partial charge in [-0.2, -0.15) is 10.1 Å². The first kappa shape index (κ1) is 22.9. The number of piperidine rings is 1. The molecule has 182 valence electrons. The Morgan fingerprint density at radius 2 is 1.82 bits per heavy atom. The van der Waals surface area contributed by atoms with Crippen LogP contribution in [0.1, 0.15) is 25.0 Å². The lowest BCUT2D eigenvalue weighted by molar-refractivity contribution is 0.122. The van der Waals surface area contributed by atoms with Crippen molar-refractivity contribution in [3.63, 3.8) is 0 Å². The fourth-order valence-corrected chi connectivity index (χ4v) is 4.73. The van der Waals surface area contributed by atoms with E-state index >= 15 is 0 Å². The van der Waals surface area contributed by atoms with E-state index in [0.29, 0.717) is 38.4 Å². The van der Waals surface area contributed by atoms with Gasteiger partial charge in [-0.15, -0.1) is 0 Å². The standard InChI is InChI=1S/C23H32FN9O/c24-20-16-28-23(30-22(20)33-10-12-34-13-11-33)31-29-14-18-2-3-19(15-27-18)32-8-4-17(5-9-32)21-25-6-1-7-26-21/h2-3,14-17,21,25-26H,1,4-13H2,(H,28,30,31)/b29-14+. The molecule has 3 fully saturated rings. The first-order valence-corrected chi connectivity index (χ1v) is 12.1. The van der Waals surface area contributed by atoms with Crippen molar-refractivity contribution in [2.45, 2.75) is 25.4 Å². The third kappa shape index (κ3) is 5.60. The molecule has 10 nitrogen and oxygen atoms in total. The van der Waals surface area contributed by atoms with Crippen LogP contribution < -0.4 is 25.9 Å². The van der Waals surface area contributed by atoms with Crippen molar-refractivity contribution in [3.8, 4) is 0 Å². The molecule has 0 atom stereocenters. The van der Waals surface area contributed by atoms with Gasteiger partial charge in [0.2, 0.25) is 5.95 Å². The average Bonchev–Trinajstić information content (AvgIpc) is 2.91. The van der Waals surface area contributed by atoms with E-state index in [1.165, 1.54) is 19.3 Å². The summed E-state index contributed by atoms with van der Waals surface area (Å²) in [6.45, 7) is 6.60. The van der Waals surface area contributed by atoms with Crippen molar-refractivity contribution in [1.82, 2.24) is 25.6 Å². The van der Waals surface area contributed by atoms with Crippen LogP contribution in [0, 0.1) is 11.7 Å². The summed E-state index contributed by atoms with van der Waals surface area (Å²) in [6.07, 6.45) is 8.66. The van der Waals surface area contributed by atoms with Gasteiger partial charge in [-0.3, -0.25) is 4.98 Å². The first-order valence-electron chi connectivity index (χ1n) is 12.1. The summed E-state index contributed by atoms with van der Waals surface area (Å²) in [5.74, 6) is 0.723. The van der Waals surface area contributed by atoms with Crippen molar-refractivity contribution in [2.24, 2.45) is 11.0 Å². The molecule has 0 amide bonds. The predicted octanol–water partition coefficient (Wildman–Crippen LogP) is 1.42. The zero-order chi connectivity index (χ0) is 23.2. The van der Waals surface area contributed by atoms with Crippen LogP contribution in [0.25, 0.3) is 0 Å². The molecule has 2 aromatic heterocycles. The Morgan fingerprint density at radius 3 is 2.56 bits per heavy atom. The van der Waals surface area contributed by atoms with E-state index in [4.69, 9.17) is 4.74 Å². The lowest BCUT2D eigenvalue weighted by Crippen LogP contribution is -2.54. The number of hydrogen-bond donors (Lipinski definition) is 3. The molecule has 11 heteroatoms. The SMILES string of the molecule is Fc1cnc(N/N=C/c2ccc(N3CCC(C4NCCCN4)CC3)cn2)nc1N1CCOCC1. The molecular formula is C23H32FN9O. The first-order chi connectivity index (χ1) is 16.8. The van der Waals surface area contributed by atoms with E-state index in [0.717, 1.165) is 43.8 Å². The smallest absolute Gasteiger partial charge is 0.245 e. The van der Waals surface area contributed by atoms with E-state index in [1.807, 2.05) is 17.2 Å². The van der Waals surface area contributed by atoms with Crippen LogP contribution >= 0.6 is 0 Å². The number of halogens is 1. The van der Waals surface area contributed by atoms with Gasteiger partial charge in [0, 0.05) is 26.2 Å². The molecule has 0 unspecified atom stereocenters. The molecule has 3 aliphatic rings. The molecule has 3 N–H and O–H groups in total. The van der Waals surface area contributed by atoms with Gasteiger partial charge >= 0.3 is 0 Å². The molecule has 3 saturated heterocycles. The Kier molecular flexibility index (Phi) is 7.42. The summed E-state index contributed by atoms with van der Waals surface area (Å²) in [5.41, 5.74) is 4.62. The summed E-state index contributed by atoms with van der Waals surface area (Å²) >= 11 is 0. The van der Waals surface area contributed by atoms with Crippen LogP contribution in [-0.4, -0.2) is 79.8 Å². The van der Waals surface area contributed by atoms with E-state index < -0.39 is 5.82 Å². The van der Waals surface area contributed by atoms with Crippen molar-refractivity contribution in [3.05, 3.63) is 36.0 Å². The molecule has 5 heterocycles. The molecule has 0 saturated carbocycles. The molecule has 0 aromatic carbocycles. The van der Waals surface area contributed by atoms with Gasteiger partial charge in [-0.1, -0.05) is 0 Å². The molecular weight excluding hydrogens is 437 g/mol. The van der Waals surface area contributed by atoms with Crippen LogP contribution in [-0.2, 0) is 4.74 Å². The van der Waals surface area contributed by atoms with Crippen LogP contribution in [0.3, 0.4) is 0 Å². The maximum absolute atomic E-state index is 14.2. The summed E-state index contributed by atoms with van der Waals surface area (Å²) in [6, 6.07) is 4.03. The molecule has 5 rings (SSSR count). The minimum absolute atomic E-state index is 0.237. The molecule has 0 bridgehead atoms. The summed E-state index contributed by atoms with van der Waals surface area (Å²) in [4.78, 5) is 17.0. The number of ether oxygens (including phenoxy) is 1. The topological polar surface area (TPSA) is 103 Å². The lowest BCUT2D eigenvalue weighted by Gasteiger charge is -2.39. The fourth-order valence-electron chi connectivity index (χ4n) is 4.73. The third-order valence-electron chi connectivity index (χ3n) is 6.63. The quantitative estimate of drug-likeness (QED) is 0.428. The second-order valence-electron chi connectivity index (χ2n) is 8.84. The van der Waals surface area contributed by atoms with Gasteiger partial charge in [0.1, 0.15) is 0 Å². The van der Waals surface area contributed by atoms with Gasteiger partial charge in [0.25, 0.3) is 0 Å². The third-order valence-corrected chi connectivity index (χ3v) is 6.63. The van der Waals surface area contributed by atoms with Crippen molar-refractivity contribution < 1.29 is 9.13 Å². The molecule has 0 radical (unpaired) electrons. The second kappa shape index (κ2) is 11.0. The molecule has 3 aliphatic heterocycles. The summed E-state index contributed by atoms with van der Waals surface area (Å²) in [5, 5.41) is 11.4. The monoisotopic (exact) mass is 469 g/mol. The number of rotatable bonds is 6. The average molecular weight is 470 g/mol. The zero-order valence-corrected chi connectivity index (χ0v) is 19.3. The minimum atomic E-state index is -0.455. The van der Waals surface area contributed by atoms with Crippen LogP contribution in [0.15, 0.2) is 29.6 Å². The summed E-state index contributed by atoms with van der Waals surface area (Å²) in [7, 11) is 0. The number of morpholine rings is 1. The largest absolute Gasteiger partial charge is 0.378 e. The van der Waals surface area contributed by atoms with E-state index in [1.54, 1.807) is 6.21 Å². The van der Waals surface area contributed by atoms with Gasteiger partial charge in [0.05, 0.1) is 49.4 Å². The van der Waals surface area contributed by atoms with Gasteiger partial charge in [0.15, 0.2) is 11.6 Å². The zero-order valence-electron chi connectivity index (χ0n) is 19.3. The fraction of sp³-hybridized carbons (Fsp3) is 0.565. The van der Waals surface area contributed by atoms with E-state index in [2.05, 4.69) is 47.1 Å². The Labute approximate surface area is 199 Å². The highest BCUT2D eigenvalue weighted by Gasteiger charge is 2.27. The Balaban J connectivity index is 1.13. The molecule has 2 aromatic rings. The molecule has 0 aliphatic carbocycles. The predicted molar refractivity (Wildman–Crippen MR) is 130 cm³/mol. The number of pyridine rings is 1. The van der Waals surface area contributed by atoms with Crippen molar-refractivity contribution in [1.29, 1.82) is 0 Å². The number of nitrogens with zero attached hydrogens (tertiary/aromatic N) is 6. The van der Waals surface area contributed by atoms with Gasteiger partial charge in [-0.05, 0) is 50.4 Å². The van der Waals surface area contributed by atoms with Crippen molar-refractivity contribution in [2.75, 3.05) is 67.7 Å². The number of anilines is 3. The minimum Gasteiger partial charge on any atom is -0.378 e. The van der Waals surface area contributed by atoms with Crippen molar-refractivity contribution >= 4 is 23.7 Å². The number of nitrogens with one attached hydrogen (secondary N) is 3. The van der Waals surface area contributed by atoms with E-state index in [-0.39, 0.29) is 11.8 Å². The van der Waals surface area contributed by atoms with E-state index in [9.17, 15) is 4.39 Å². The highest BCUT2D eigenvalue weighted by Crippen LogP contribution is 2.25. The molecule has 34 heavy (non-hydrogen) atoms. The number of hydrogen-bond acceptors (Lipinski definition) is 10. The van der Waals surface area contributed by atoms with Gasteiger partial charge in [-0.25, -0.2) is 14.8 Å². The lowest BCUT2D eigenvalue weighted by atomic mass is 9.92. The number of hydrazone groups is 1. The Hall–Kier alpha value is -2.89. The summed E-state index contributed by atoms with van der Waals surface area (Å²) < 4.78 is 19.5. The van der Waals surface area contributed by atoms with Gasteiger partial charge < -0.3 is 25.2 Å². The maximum Gasteiger partial charge on any atom is 0.245 e. The van der Waals surface area contributed by atoms with Crippen LogP contribution in [0.2, 0.25) is 0 Å². The molecule has 0 spiro atoms. The highest BCUT2D eigenvalue weighted by atomic mass is 19.1. The normalized spacial score (nSPS) is 20.7. The second-order valence-corrected chi connectivity index (χ2v) is 8.84. The Bertz CT molecular complexity index is 953. The highest BCUT2D eigenvalue weighted by molar-refractivity contribution is 5.78.